The number of carbonyl (C=O) groups is 1. The standard InChI is InChI=1S/C35H46N2O8/c1-27-15-16-31(33(23-27)42-21-10-19-41-2)26-44-34-25-36(35(38)43-20-7-4-8-22-45-37(39)40)18-17-32(34)30-14-9-13-29(24-30)28-11-5-3-6-12-28/h3,5-6,9,11-16,23-24,32,34,39-40H,4,7-8,10,17-22,25-26H2,1-2H3/t32-,34?/m1/s1. The van der Waals surface area contributed by atoms with E-state index in [2.05, 4.69) is 47.3 Å². The quantitative estimate of drug-likeness (QED) is 0.124. The fourth-order valence-corrected chi connectivity index (χ4v) is 5.49. The Morgan fingerprint density at radius 1 is 0.889 bits per heavy atom. The molecule has 1 heterocycles. The Hall–Kier alpha value is -3.51. The van der Waals surface area contributed by atoms with Gasteiger partial charge in [-0.2, -0.15) is 0 Å². The Morgan fingerprint density at radius 3 is 2.49 bits per heavy atom. The van der Waals surface area contributed by atoms with E-state index < -0.39 is 0 Å². The normalized spacial score (nSPS) is 16.6. The van der Waals surface area contributed by atoms with Gasteiger partial charge in [-0.15, -0.1) is 0 Å². The number of ether oxygens (including phenoxy) is 4. The lowest BCUT2D eigenvalue weighted by atomic mass is 9.85. The van der Waals surface area contributed by atoms with Crippen LogP contribution in [-0.2, 0) is 25.7 Å². The highest BCUT2D eigenvalue weighted by Gasteiger charge is 2.34. The summed E-state index contributed by atoms with van der Waals surface area (Å²) in [5, 5.41) is 16.9. The Labute approximate surface area is 265 Å². The summed E-state index contributed by atoms with van der Waals surface area (Å²) < 4.78 is 23.5. The maximum Gasteiger partial charge on any atom is 0.409 e. The lowest BCUT2D eigenvalue weighted by Crippen LogP contribution is -2.47. The molecule has 0 bridgehead atoms. The molecule has 1 unspecified atom stereocenters. The molecule has 1 aliphatic heterocycles. The zero-order valence-corrected chi connectivity index (χ0v) is 26.3. The molecule has 0 saturated carbocycles. The lowest BCUT2D eigenvalue weighted by molar-refractivity contribution is -0.492. The molecule has 244 valence electrons. The first-order valence-corrected chi connectivity index (χ1v) is 15.7. The summed E-state index contributed by atoms with van der Waals surface area (Å²) >= 11 is 0. The molecular formula is C35H46N2O8. The average molecular weight is 623 g/mol. The van der Waals surface area contributed by atoms with Crippen molar-refractivity contribution in [3.63, 3.8) is 0 Å². The third-order valence-electron chi connectivity index (χ3n) is 7.89. The Kier molecular flexibility index (Phi) is 14.1. The van der Waals surface area contributed by atoms with Gasteiger partial charge in [0.2, 0.25) is 0 Å². The van der Waals surface area contributed by atoms with Gasteiger partial charge >= 0.3 is 6.09 Å². The van der Waals surface area contributed by atoms with Crippen LogP contribution in [0.4, 0.5) is 4.79 Å². The molecule has 1 saturated heterocycles. The van der Waals surface area contributed by atoms with E-state index in [4.69, 9.17) is 29.4 Å². The maximum absolute atomic E-state index is 13.1. The molecule has 45 heavy (non-hydrogen) atoms. The number of unbranched alkanes of at least 4 members (excludes halogenated alkanes) is 2. The molecule has 10 nitrogen and oxygen atoms in total. The predicted molar refractivity (Wildman–Crippen MR) is 169 cm³/mol. The lowest BCUT2D eigenvalue weighted by Gasteiger charge is -2.38. The number of carbonyl (C=O) groups excluding carboxylic acids is 1. The van der Waals surface area contributed by atoms with Crippen molar-refractivity contribution in [1.29, 1.82) is 0 Å². The molecule has 10 heteroatoms. The van der Waals surface area contributed by atoms with Gasteiger partial charge in [0.25, 0.3) is 0 Å². The molecule has 1 aliphatic rings. The van der Waals surface area contributed by atoms with Crippen LogP contribution >= 0.6 is 0 Å². The Balaban J connectivity index is 1.44. The molecule has 3 aromatic carbocycles. The van der Waals surface area contributed by atoms with Gasteiger partial charge in [-0.1, -0.05) is 66.7 Å². The van der Waals surface area contributed by atoms with Crippen LogP contribution in [0.1, 0.15) is 54.7 Å². The summed E-state index contributed by atoms with van der Waals surface area (Å²) in [5.74, 6) is 0.892. The fraction of sp³-hybridized carbons (Fsp3) is 0.457. The second kappa shape index (κ2) is 18.5. The number of likely N-dealkylation sites (tertiary alicyclic amines) is 1. The van der Waals surface area contributed by atoms with Gasteiger partial charge in [0.05, 0.1) is 44.5 Å². The van der Waals surface area contributed by atoms with Crippen molar-refractivity contribution in [2.45, 2.75) is 57.7 Å². The average Bonchev–Trinajstić information content (AvgIpc) is 3.06. The van der Waals surface area contributed by atoms with E-state index in [1.165, 1.54) is 5.56 Å². The molecule has 0 aromatic heterocycles. The number of rotatable bonds is 17. The summed E-state index contributed by atoms with van der Waals surface area (Å²) in [5.41, 5.74) is 5.56. The molecule has 0 radical (unpaired) electrons. The van der Waals surface area contributed by atoms with Crippen LogP contribution in [0.2, 0.25) is 0 Å². The van der Waals surface area contributed by atoms with Crippen molar-refractivity contribution in [3.05, 3.63) is 89.5 Å². The van der Waals surface area contributed by atoms with Crippen molar-refractivity contribution >= 4 is 6.09 Å². The zero-order chi connectivity index (χ0) is 31.9. The fourth-order valence-electron chi connectivity index (χ4n) is 5.49. The number of hydrogen-bond donors (Lipinski definition) is 2. The zero-order valence-electron chi connectivity index (χ0n) is 26.3. The number of benzene rings is 3. The Bertz CT molecular complexity index is 1310. The van der Waals surface area contributed by atoms with Gasteiger partial charge in [-0.25, -0.2) is 4.79 Å². The van der Waals surface area contributed by atoms with Gasteiger partial charge in [0.15, 0.2) is 0 Å². The van der Waals surface area contributed by atoms with Gasteiger partial charge in [0.1, 0.15) is 5.75 Å². The van der Waals surface area contributed by atoms with Crippen LogP contribution in [-0.4, -0.2) is 79.5 Å². The molecule has 0 aliphatic carbocycles. The molecule has 2 atom stereocenters. The van der Waals surface area contributed by atoms with E-state index in [0.29, 0.717) is 45.8 Å². The molecule has 1 fully saturated rings. The summed E-state index contributed by atoms with van der Waals surface area (Å²) in [6, 6.07) is 25.0. The summed E-state index contributed by atoms with van der Waals surface area (Å²) in [6.45, 7) is 4.99. The van der Waals surface area contributed by atoms with E-state index in [-0.39, 0.29) is 36.7 Å². The van der Waals surface area contributed by atoms with Crippen LogP contribution in [0.5, 0.6) is 5.75 Å². The third kappa shape index (κ3) is 11.1. The van der Waals surface area contributed by atoms with Crippen molar-refractivity contribution in [2.75, 3.05) is 46.6 Å². The summed E-state index contributed by atoms with van der Waals surface area (Å²) in [7, 11) is 1.68. The van der Waals surface area contributed by atoms with Gasteiger partial charge in [-0.05, 0) is 60.9 Å². The molecule has 0 spiro atoms. The predicted octanol–water partition coefficient (Wildman–Crippen LogP) is 6.77. The van der Waals surface area contributed by atoms with Crippen LogP contribution in [0, 0.1) is 6.92 Å². The van der Waals surface area contributed by atoms with Gasteiger partial charge < -0.3 is 23.8 Å². The number of nitrogens with zero attached hydrogens (tertiary/aromatic N) is 2. The molecule has 1 amide bonds. The van der Waals surface area contributed by atoms with Crippen molar-refractivity contribution in [3.8, 4) is 16.9 Å². The third-order valence-corrected chi connectivity index (χ3v) is 7.89. The van der Waals surface area contributed by atoms with E-state index in [0.717, 1.165) is 47.3 Å². The van der Waals surface area contributed by atoms with Crippen molar-refractivity contribution in [1.82, 2.24) is 10.3 Å². The minimum Gasteiger partial charge on any atom is -0.493 e. The van der Waals surface area contributed by atoms with Gasteiger partial charge in [-0.3, -0.25) is 15.3 Å². The minimum atomic E-state index is -0.356. The SMILES string of the molecule is COCCCOc1cc(C)ccc1COC1CN(C(=O)OCCCCCON(O)O)CC[C@@H]1c1cccc(-c2ccccc2)c1. The number of hydrogen-bond acceptors (Lipinski definition) is 9. The second-order valence-electron chi connectivity index (χ2n) is 11.2. The van der Waals surface area contributed by atoms with E-state index in [1.54, 1.807) is 12.0 Å². The molecule has 2 N–H and O–H groups in total. The summed E-state index contributed by atoms with van der Waals surface area (Å²) in [4.78, 5) is 19.4. The van der Waals surface area contributed by atoms with E-state index in [9.17, 15) is 4.79 Å². The molecular weight excluding hydrogens is 576 g/mol. The first-order chi connectivity index (χ1) is 21.9. The highest BCUT2D eigenvalue weighted by atomic mass is 17.1. The minimum absolute atomic E-state index is 0.0897. The van der Waals surface area contributed by atoms with E-state index in [1.807, 2.05) is 37.3 Å². The van der Waals surface area contributed by atoms with Crippen LogP contribution in [0.3, 0.4) is 0 Å². The number of piperidine rings is 1. The topological polar surface area (TPSA) is 110 Å². The van der Waals surface area contributed by atoms with E-state index >= 15 is 0 Å². The second-order valence-corrected chi connectivity index (χ2v) is 11.2. The van der Waals surface area contributed by atoms with Crippen molar-refractivity contribution in [2.24, 2.45) is 0 Å². The van der Waals surface area contributed by atoms with Crippen molar-refractivity contribution < 1.29 is 39.0 Å². The number of methoxy groups -OCH3 is 1. The summed E-state index contributed by atoms with van der Waals surface area (Å²) in [6.07, 6.45) is 2.90. The maximum atomic E-state index is 13.1. The highest BCUT2D eigenvalue weighted by Crippen LogP contribution is 2.34. The van der Waals surface area contributed by atoms with Gasteiger partial charge in [0, 0.05) is 38.2 Å². The van der Waals surface area contributed by atoms with Crippen LogP contribution in [0.15, 0.2) is 72.8 Å². The first-order valence-electron chi connectivity index (χ1n) is 15.7. The monoisotopic (exact) mass is 622 g/mol. The smallest absolute Gasteiger partial charge is 0.409 e. The first kappa shape index (κ1) is 34.4. The Morgan fingerprint density at radius 2 is 1.69 bits per heavy atom. The molecule has 3 aromatic rings. The molecule has 4 rings (SSSR count). The number of amides is 1. The highest BCUT2D eigenvalue weighted by molar-refractivity contribution is 5.68. The van der Waals surface area contributed by atoms with Crippen LogP contribution < -0.4 is 4.74 Å². The largest absolute Gasteiger partial charge is 0.493 e. The van der Waals surface area contributed by atoms with Crippen LogP contribution in [0.25, 0.3) is 11.1 Å². The number of aryl methyl sites for hydroxylation is 1.